The van der Waals surface area contributed by atoms with Gasteiger partial charge in [-0.1, -0.05) is 11.2 Å². The van der Waals surface area contributed by atoms with Crippen molar-refractivity contribution in [1.82, 2.24) is 15.1 Å². The minimum absolute atomic E-state index is 0.0539. The van der Waals surface area contributed by atoms with Gasteiger partial charge in [0, 0.05) is 18.4 Å². The first-order valence-corrected chi connectivity index (χ1v) is 8.69. The number of anilines is 1. The van der Waals surface area contributed by atoms with Crippen LogP contribution in [-0.2, 0) is 27.2 Å². The van der Waals surface area contributed by atoms with Crippen LogP contribution < -0.4 is 5.32 Å². The number of fused-ring (bicyclic) bond motifs is 1. The molecule has 2 aromatic rings. The third kappa shape index (κ3) is 3.22. The van der Waals surface area contributed by atoms with Crippen LogP contribution in [0.15, 0.2) is 22.6 Å². The number of nitrogens with one attached hydrogen (secondary N) is 1. The molecule has 1 aromatic heterocycles. The van der Waals surface area contributed by atoms with Gasteiger partial charge in [-0.15, -0.1) is 5.10 Å². The lowest BCUT2D eigenvalue weighted by Crippen LogP contribution is -2.36. The van der Waals surface area contributed by atoms with Gasteiger partial charge in [-0.25, -0.2) is 0 Å². The van der Waals surface area contributed by atoms with Crippen molar-refractivity contribution < 1.29 is 18.8 Å². The molecule has 26 heavy (non-hydrogen) atoms. The number of aryl methyl sites for hydroxylation is 2. The maximum absolute atomic E-state index is 12.0. The summed E-state index contributed by atoms with van der Waals surface area (Å²) in [6.45, 7) is -0.339. The molecule has 1 aliphatic carbocycles. The topological polar surface area (TPSA) is 105 Å². The Kier molecular flexibility index (Phi) is 4.24. The number of amides is 3. The van der Waals surface area contributed by atoms with E-state index in [2.05, 4.69) is 27.6 Å². The molecule has 0 spiro atoms. The standard InChI is InChI=1S/C18H18N4O4/c23-14(10-22-15(24)7-8-16(22)25)19-18-21-20-17(26-18)13-6-5-11-3-1-2-4-12(11)9-13/h5-6,9H,1-4,7-8,10H2,(H,19,21,23). The zero-order chi connectivity index (χ0) is 18.1. The molecule has 134 valence electrons. The van der Waals surface area contributed by atoms with Crippen molar-refractivity contribution in [2.24, 2.45) is 0 Å². The Morgan fingerprint density at radius 3 is 2.54 bits per heavy atom. The fourth-order valence-electron chi connectivity index (χ4n) is 3.36. The van der Waals surface area contributed by atoms with Crippen LogP contribution in [0.25, 0.3) is 11.5 Å². The van der Waals surface area contributed by atoms with Crippen LogP contribution in [-0.4, -0.2) is 39.4 Å². The number of benzene rings is 1. The van der Waals surface area contributed by atoms with Gasteiger partial charge in [-0.05, 0) is 48.9 Å². The molecule has 8 nitrogen and oxygen atoms in total. The molecule has 0 atom stereocenters. The second kappa shape index (κ2) is 6.70. The SMILES string of the molecule is O=C(CN1C(=O)CCC1=O)Nc1nnc(-c2ccc3c(c2)CCCC3)o1. The molecule has 4 rings (SSSR count). The van der Waals surface area contributed by atoms with Crippen molar-refractivity contribution >= 4 is 23.7 Å². The molecule has 0 unspecified atom stereocenters. The number of aromatic nitrogens is 2. The first-order valence-electron chi connectivity index (χ1n) is 8.69. The summed E-state index contributed by atoms with van der Waals surface area (Å²) < 4.78 is 5.51. The van der Waals surface area contributed by atoms with Crippen LogP contribution in [0.3, 0.4) is 0 Å². The van der Waals surface area contributed by atoms with E-state index >= 15 is 0 Å². The summed E-state index contributed by atoms with van der Waals surface area (Å²) >= 11 is 0. The van der Waals surface area contributed by atoms with E-state index < -0.39 is 5.91 Å². The monoisotopic (exact) mass is 354 g/mol. The lowest BCUT2D eigenvalue weighted by Gasteiger charge is -2.15. The quantitative estimate of drug-likeness (QED) is 0.838. The number of nitrogens with zero attached hydrogens (tertiary/aromatic N) is 3. The Hall–Kier alpha value is -3.03. The number of likely N-dealkylation sites (tertiary alicyclic amines) is 1. The van der Waals surface area contributed by atoms with E-state index in [1.54, 1.807) is 0 Å². The van der Waals surface area contributed by atoms with Crippen molar-refractivity contribution in [1.29, 1.82) is 0 Å². The average molecular weight is 354 g/mol. The van der Waals surface area contributed by atoms with Gasteiger partial charge in [0.15, 0.2) is 0 Å². The number of imide groups is 1. The lowest BCUT2D eigenvalue weighted by molar-refractivity contribution is -0.141. The molecule has 0 saturated carbocycles. The highest BCUT2D eigenvalue weighted by Crippen LogP contribution is 2.27. The predicted octanol–water partition coefficient (Wildman–Crippen LogP) is 1.70. The van der Waals surface area contributed by atoms with Gasteiger partial charge in [0.25, 0.3) is 0 Å². The zero-order valence-electron chi connectivity index (χ0n) is 14.2. The first kappa shape index (κ1) is 16.4. The zero-order valence-corrected chi connectivity index (χ0v) is 14.2. The van der Waals surface area contributed by atoms with E-state index in [1.807, 2.05) is 6.07 Å². The van der Waals surface area contributed by atoms with Gasteiger partial charge in [0.05, 0.1) is 0 Å². The van der Waals surface area contributed by atoms with Crippen molar-refractivity contribution in [2.75, 3.05) is 11.9 Å². The molecule has 0 radical (unpaired) electrons. The third-order valence-electron chi connectivity index (χ3n) is 4.72. The van der Waals surface area contributed by atoms with Crippen LogP contribution in [0, 0.1) is 0 Å². The molecule has 8 heteroatoms. The Bertz CT molecular complexity index is 873. The molecule has 2 aliphatic rings. The lowest BCUT2D eigenvalue weighted by atomic mass is 9.90. The number of rotatable bonds is 4. The van der Waals surface area contributed by atoms with Gasteiger partial charge < -0.3 is 4.42 Å². The minimum Gasteiger partial charge on any atom is -0.403 e. The summed E-state index contributed by atoms with van der Waals surface area (Å²) in [5.41, 5.74) is 3.46. The predicted molar refractivity (Wildman–Crippen MR) is 91.0 cm³/mol. The van der Waals surface area contributed by atoms with Gasteiger partial charge in [0.1, 0.15) is 6.54 Å². The highest BCUT2D eigenvalue weighted by atomic mass is 16.4. The van der Waals surface area contributed by atoms with Crippen LogP contribution in [0.1, 0.15) is 36.8 Å². The number of hydrogen-bond acceptors (Lipinski definition) is 6. The first-order chi connectivity index (χ1) is 12.6. The van der Waals surface area contributed by atoms with Gasteiger partial charge >= 0.3 is 6.01 Å². The minimum atomic E-state index is -0.547. The second-order valence-corrected chi connectivity index (χ2v) is 6.52. The van der Waals surface area contributed by atoms with Crippen molar-refractivity contribution in [3.05, 3.63) is 29.3 Å². The average Bonchev–Trinajstić information content (AvgIpc) is 3.23. The van der Waals surface area contributed by atoms with E-state index in [0.29, 0.717) is 5.89 Å². The molecule has 1 aromatic carbocycles. The Labute approximate surface area is 149 Å². The summed E-state index contributed by atoms with van der Waals surface area (Å²) in [4.78, 5) is 36.1. The number of carbonyl (C=O) groups excluding carboxylic acids is 3. The van der Waals surface area contributed by atoms with Gasteiger partial charge in [-0.2, -0.15) is 0 Å². The number of hydrogen-bond donors (Lipinski definition) is 1. The Balaban J connectivity index is 1.44. The van der Waals surface area contributed by atoms with Crippen LogP contribution >= 0.6 is 0 Å². The molecule has 1 N–H and O–H groups in total. The second-order valence-electron chi connectivity index (χ2n) is 6.52. The summed E-state index contributed by atoms with van der Waals surface area (Å²) in [7, 11) is 0. The highest BCUT2D eigenvalue weighted by Gasteiger charge is 2.30. The Morgan fingerprint density at radius 1 is 1.04 bits per heavy atom. The van der Waals surface area contributed by atoms with Crippen molar-refractivity contribution in [3.63, 3.8) is 0 Å². The summed E-state index contributed by atoms with van der Waals surface area (Å²) in [5.74, 6) is -0.910. The molecule has 2 heterocycles. The maximum atomic E-state index is 12.0. The van der Waals surface area contributed by atoms with E-state index in [9.17, 15) is 14.4 Å². The highest BCUT2D eigenvalue weighted by molar-refractivity contribution is 6.05. The third-order valence-corrected chi connectivity index (χ3v) is 4.72. The maximum Gasteiger partial charge on any atom is 0.322 e. The molecular formula is C18H18N4O4. The van der Waals surface area contributed by atoms with Crippen LogP contribution in [0.2, 0.25) is 0 Å². The largest absolute Gasteiger partial charge is 0.403 e. The van der Waals surface area contributed by atoms with Crippen LogP contribution in [0.4, 0.5) is 6.01 Å². The molecule has 1 saturated heterocycles. The smallest absolute Gasteiger partial charge is 0.322 e. The van der Waals surface area contributed by atoms with Crippen LogP contribution in [0.5, 0.6) is 0 Å². The van der Waals surface area contributed by atoms with E-state index in [-0.39, 0.29) is 37.2 Å². The molecule has 1 fully saturated rings. The molecule has 1 aliphatic heterocycles. The van der Waals surface area contributed by atoms with E-state index in [1.165, 1.54) is 24.0 Å². The molecular weight excluding hydrogens is 336 g/mol. The fourth-order valence-corrected chi connectivity index (χ4v) is 3.36. The molecule has 0 bridgehead atoms. The van der Waals surface area contributed by atoms with Gasteiger partial charge in [0.2, 0.25) is 23.6 Å². The normalized spacial score (nSPS) is 16.7. The number of carbonyl (C=O) groups is 3. The Morgan fingerprint density at radius 2 is 1.77 bits per heavy atom. The van der Waals surface area contributed by atoms with E-state index in [0.717, 1.165) is 23.3 Å². The fraction of sp³-hybridized carbons (Fsp3) is 0.389. The summed E-state index contributed by atoms with van der Waals surface area (Å²) in [5, 5.41) is 10.2. The summed E-state index contributed by atoms with van der Waals surface area (Å²) in [6, 6.07) is 6.01. The van der Waals surface area contributed by atoms with Crippen molar-refractivity contribution in [3.8, 4) is 11.5 Å². The van der Waals surface area contributed by atoms with Crippen molar-refractivity contribution in [2.45, 2.75) is 38.5 Å². The van der Waals surface area contributed by atoms with Gasteiger partial charge in [-0.3, -0.25) is 24.6 Å². The molecule has 3 amide bonds. The van der Waals surface area contributed by atoms with E-state index in [4.69, 9.17) is 4.42 Å². The summed E-state index contributed by atoms with van der Waals surface area (Å²) in [6.07, 6.45) is 4.82.